The van der Waals surface area contributed by atoms with Crippen LogP contribution in [0.25, 0.3) is 0 Å². The standard InChI is InChI=1S/C17H25N5O3/c18-8-7-15(23)20-11-13-5-2-4-10-22(13)16(24)12-21-17(25)14-6-1-3-9-19-14/h1,3,6,9,13H,2,4-5,7-8,10-12,18H2,(H,20,23)(H,21,25). The number of carbonyl (C=O) groups is 3. The number of aromatic nitrogens is 1. The average Bonchev–Trinajstić information content (AvgIpc) is 2.65. The minimum Gasteiger partial charge on any atom is -0.354 e. The molecule has 0 aliphatic carbocycles. The molecule has 1 unspecified atom stereocenters. The highest BCUT2D eigenvalue weighted by Gasteiger charge is 2.27. The molecule has 4 N–H and O–H groups in total. The number of rotatable bonds is 7. The lowest BCUT2D eigenvalue weighted by Crippen LogP contribution is -2.52. The fourth-order valence-corrected chi connectivity index (χ4v) is 2.84. The first-order chi connectivity index (χ1) is 12.1. The first kappa shape index (κ1) is 18.9. The molecule has 2 rings (SSSR count). The van der Waals surface area contributed by atoms with Crippen LogP contribution in [0.1, 0.15) is 36.2 Å². The highest BCUT2D eigenvalue weighted by atomic mass is 16.2. The van der Waals surface area contributed by atoms with Gasteiger partial charge in [-0.3, -0.25) is 19.4 Å². The second-order valence-electron chi connectivity index (χ2n) is 5.98. The predicted molar refractivity (Wildman–Crippen MR) is 92.6 cm³/mol. The summed E-state index contributed by atoms with van der Waals surface area (Å²) in [5.74, 6) is -0.634. The van der Waals surface area contributed by atoms with Crippen molar-refractivity contribution in [2.45, 2.75) is 31.7 Å². The molecule has 0 aromatic carbocycles. The Morgan fingerprint density at radius 1 is 1.24 bits per heavy atom. The van der Waals surface area contributed by atoms with Crippen molar-refractivity contribution in [1.29, 1.82) is 0 Å². The molecule has 0 radical (unpaired) electrons. The molecule has 8 nitrogen and oxygen atoms in total. The Balaban J connectivity index is 1.85. The summed E-state index contributed by atoms with van der Waals surface area (Å²) in [6.07, 6.45) is 4.58. The molecule has 1 aliphatic heterocycles. The molecule has 0 saturated carbocycles. The van der Waals surface area contributed by atoms with E-state index < -0.39 is 0 Å². The number of amides is 3. The van der Waals surface area contributed by atoms with E-state index in [2.05, 4.69) is 15.6 Å². The van der Waals surface area contributed by atoms with Gasteiger partial charge in [-0.1, -0.05) is 6.07 Å². The van der Waals surface area contributed by atoms with Crippen molar-refractivity contribution >= 4 is 17.7 Å². The van der Waals surface area contributed by atoms with Crippen LogP contribution in [0.4, 0.5) is 0 Å². The van der Waals surface area contributed by atoms with Crippen LogP contribution in [-0.4, -0.2) is 59.8 Å². The molecule has 1 aromatic rings. The summed E-state index contributed by atoms with van der Waals surface area (Å²) in [6, 6.07) is 4.99. The topological polar surface area (TPSA) is 117 Å². The van der Waals surface area contributed by atoms with Crippen LogP contribution in [0.5, 0.6) is 0 Å². The minimum absolute atomic E-state index is 0.0465. The van der Waals surface area contributed by atoms with E-state index in [9.17, 15) is 14.4 Å². The Morgan fingerprint density at radius 3 is 2.80 bits per heavy atom. The van der Waals surface area contributed by atoms with Gasteiger partial charge >= 0.3 is 0 Å². The Bertz CT molecular complexity index is 593. The molecule has 2 heterocycles. The molecule has 1 aliphatic rings. The van der Waals surface area contributed by atoms with Crippen LogP contribution in [0.15, 0.2) is 24.4 Å². The van der Waals surface area contributed by atoms with Gasteiger partial charge in [0.2, 0.25) is 11.8 Å². The summed E-state index contributed by atoms with van der Waals surface area (Å²) in [4.78, 5) is 41.7. The first-order valence-electron chi connectivity index (χ1n) is 8.57. The van der Waals surface area contributed by atoms with Gasteiger partial charge in [-0.25, -0.2) is 0 Å². The lowest BCUT2D eigenvalue weighted by atomic mass is 10.0. The molecule has 1 atom stereocenters. The molecule has 1 saturated heterocycles. The summed E-state index contributed by atoms with van der Waals surface area (Å²) in [5, 5.41) is 5.42. The number of carbonyl (C=O) groups excluding carboxylic acids is 3. The second kappa shape index (κ2) is 9.73. The number of piperidine rings is 1. The molecule has 0 bridgehead atoms. The van der Waals surface area contributed by atoms with Gasteiger partial charge in [0.25, 0.3) is 5.91 Å². The van der Waals surface area contributed by atoms with Gasteiger partial charge in [0.05, 0.1) is 6.54 Å². The van der Waals surface area contributed by atoms with Gasteiger partial charge in [-0.2, -0.15) is 0 Å². The lowest BCUT2D eigenvalue weighted by molar-refractivity contribution is -0.134. The third-order valence-electron chi connectivity index (χ3n) is 4.15. The summed E-state index contributed by atoms with van der Waals surface area (Å²) >= 11 is 0. The zero-order chi connectivity index (χ0) is 18.1. The van der Waals surface area contributed by atoms with E-state index in [1.54, 1.807) is 23.1 Å². The molecule has 0 spiro atoms. The molecule has 1 aromatic heterocycles. The third kappa shape index (κ3) is 5.82. The van der Waals surface area contributed by atoms with Gasteiger partial charge in [0.1, 0.15) is 5.69 Å². The number of likely N-dealkylation sites (tertiary alicyclic amines) is 1. The Hall–Kier alpha value is -2.48. The second-order valence-corrected chi connectivity index (χ2v) is 5.98. The zero-order valence-corrected chi connectivity index (χ0v) is 14.2. The van der Waals surface area contributed by atoms with Crippen LogP contribution in [-0.2, 0) is 9.59 Å². The van der Waals surface area contributed by atoms with Crippen molar-refractivity contribution in [2.75, 3.05) is 26.2 Å². The average molecular weight is 347 g/mol. The highest BCUT2D eigenvalue weighted by molar-refractivity contribution is 5.94. The van der Waals surface area contributed by atoms with E-state index in [1.807, 2.05) is 0 Å². The number of nitrogens with one attached hydrogen (secondary N) is 2. The van der Waals surface area contributed by atoms with Gasteiger partial charge < -0.3 is 21.3 Å². The number of nitrogens with zero attached hydrogens (tertiary/aromatic N) is 2. The van der Waals surface area contributed by atoms with E-state index in [0.717, 1.165) is 19.3 Å². The lowest BCUT2D eigenvalue weighted by Gasteiger charge is -2.36. The maximum atomic E-state index is 12.5. The molecule has 1 fully saturated rings. The smallest absolute Gasteiger partial charge is 0.270 e. The van der Waals surface area contributed by atoms with Gasteiger partial charge in [-0.05, 0) is 31.4 Å². The first-order valence-corrected chi connectivity index (χ1v) is 8.57. The fourth-order valence-electron chi connectivity index (χ4n) is 2.84. The van der Waals surface area contributed by atoms with Crippen molar-refractivity contribution in [3.8, 4) is 0 Å². The third-order valence-corrected chi connectivity index (χ3v) is 4.15. The van der Waals surface area contributed by atoms with Crippen LogP contribution in [0, 0.1) is 0 Å². The summed E-state index contributed by atoms with van der Waals surface area (Å²) in [6.45, 7) is 1.27. The van der Waals surface area contributed by atoms with Crippen molar-refractivity contribution in [2.24, 2.45) is 5.73 Å². The van der Waals surface area contributed by atoms with E-state index in [1.165, 1.54) is 6.20 Å². The molecule has 3 amide bonds. The molecule has 136 valence electrons. The monoisotopic (exact) mass is 347 g/mol. The predicted octanol–water partition coefficient (Wildman–Crippen LogP) is -0.342. The normalized spacial score (nSPS) is 17.0. The highest BCUT2D eigenvalue weighted by Crippen LogP contribution is 2.16. The SMILES string of the molecule is NCCC(=O)NCC1CCCCN1C(=O)CNC(=O)c1ccccn1. The van der Waals surface area contributed by atoms with Crippen molar-refractivity contribution in [3.63, 3.8) is 0 Å². The Kier molecular flexibility index (Phi) is 7.34. The van der Waals surface area contributed by atoms with Gasteiger partial charge in [-0.15, -0.1) is 0 Å². The minimum atomic E-state index is -0.376. The molecule has 25 heavy (non-hydrogen) atoms. The summed E-state index contributed by atoms with van der Waals surface area (Å²) < 4.78 is 0. The zero-order valence-electron chi connectivity index (χ0n) is 14.2. The van der Waals surface area contributed by atoms with Crippen LogP contribution >= 0.6 is 0 Å². The Morgan fingerprint density at radius 2 is 2.08 bits per heavy atom. The van der Waals surface area contributed by atoms with Crippen LogP contribution < -0.4 is 16.4 Å². The van der Waals surface area contributed by atoms with E-state index >= 15 is 0 Å². The van der Waals surface area contributed by atoms with E-state index in [0.29, 0.717) is 19.6 Å². The van der Waals surface area contributed by atoms with Gasteiger partial charge in [0.15, 0.2) is 0 Å². The fraction of sp³-hybridized carbons (Fsp3) is 0.529. The Labute approximate surface area is 147 Å². The molecular formula is C17H25N5O3. The van der Waals surface area contributed by atoms with E-state index in [-0.39, 0.29) is 42.4 Å². The van der Waals surface area contributed by atoms with Crippen molar-refractivity contribution in [1.82, 2.24) is 20.5 Å². The number of hydrogen-bond donors (Lipinski definition) is 3. The summed E-state index contributed by atoms with van der Waals surface area (Å²) in [5.41, 5.74) is 5.64. The van der Waals surface area contributed by atoms with Crippen LogP contribution in [0.3, 0.4) is 0 Å². The maximum absolute atomic E-state index is 12.5. The number of hydrogen-bond acceptors (Lipinski definition) is 5. The molecular weight excluding hydrogens is 322 g/mol. The van der Waals surface area contributed by atoms with Crippen LogP contribution in [0.2, 0.25) is 0 Å². The van der Waals surface area contributed by atoms with E-state index in [4.69, 9.17) is 5.73 Å². The largest absolute Gasteiger partial charge is 0.354 e. The van der Waals surface area contributed by atoms with Gasteiger partial charge in [0, 0.05) is 38.3 Å². The summed E-state index contributed by atoms with van der Waals surface area (Å²) in [7, 11) is 0. The van der Waals surface area contributed by atoms with Crippen molar-refractivity contribution in [3.05, 3.63) is 30.1 Å². The van der Waals surface area contributed by atoms with Crippen molar-refractivity contribution < 1.29 is 14.4 Å². The molecule has 8 heteroatoms. The number of pyridine rings is 1. The number of nitrogens with two attached hydrogens (primary N) is 1. The quantitative estimate of drug-likeness (QED) is 0.624. The maximum Gasteiger partial charge on any atom is 0.270 e.